The van der Waals surface area contributed by atoms with Crippen LogP contribution in [0.3, 0.4) is 0 Å². The van der Waals surface area contributed by atoms with Crippen LogP contribution in [0.2, 0.25) is 0 Å². The molecule has 4 heteroatoms. The SMILES string of the molecule is C=CCC(CC=C)C(=O)Nc1cc(C(=O)O)c(C)cc1C. The summed E-state index contributed by atoms with van der Waals surface area (Å²) in [5.74, 6) is -1.40. The Morgan fingerprint density at radius 1 is 1.19 bits per heavy atom. The zero-order valence-corrected chi connectivity index (χ0v) is 12.5. The van der Waals surface area contributed by atoms with E-state index in [1.807, 2.05) is 6.92 Å². The third kappa shape index (κ3) is 4.31. The molecule has 21 heavy (non-hydrogen) atoms. The second kappa shape index (κ2) is 7.43. The van der Waals surface area contributed by atoms with Gasteiger partial charge in [-0.3, -0.25) is 4.79 Å². The maximum Gasteiger partial charge on any atom is 0.336 e. The van der Waals surface area contributed by atoms with Crippen LogP contribution in [0.25, 0.3) is 0 Å². The van der Waals surface area contributed by atoms with Gasteiger partial charge in [-0.25, -0.2) is 4.79 Å². The average Bonchev–Trinajstić information content (AvgIpc) is 2.41. The minimum absolute atomic E-state index is 0.155. The number of anilines is 1. The van der Waals surface area contributed by atoms with Gasteiger partial charge in [0.05, 0.1) is 5.56 Å². The standard InChI is InChI=1S/C17H21NO3/c1-5-7-13(8-6-2)16(19)18-15-10-14(17(20)21)11(3)9-12(15)4/h5-6,9-10,13H,1-2,7-8H2,3-4H3,(H,18,19)(H,20,21). The van der Waals surface area contributed by atoms with Crippen LogP contribution in [0.1, 0.15) is 34.3 Å². The van der Waals surface area contributed by atoms with E-state index in [-0.39, 0.29) is 17.4 Å². The lowest BCUT2D eigenvalue weighted by Crippen LogP contribution is -2.22. The Labute approximate surface area is 125 Å². The predicted molar refractivity (Wildman–Crippen MR) is 84.6 cm³/mol. The smallest absolute Gasteiger partial charge is 0.336 e. The van der Waals surface area contributed by atoms with Crippen LogP contribution in [-0.4, -0.2) is 17.0 Å². The van der Waals surface area contributed by atoms with Crippen LogP contribution in [0.15, 0.2) is 37.4 Å². The molecule has 0 saturated heterocycles. The van der Waals surface area contributed by atoms with Crippen LogP contribution in [0.4, 0.5) is 5.69 Å². The van der Waals surface area contributed by atoms with E-state index in [0.29, 0.717) is 24.1 Å². The lowest BCUT2D eigenvalue weighted by atomic mass is 9.99. The summed E-state index contributed by atoms with van der Waals surface area (Å²) >= 11 is 0. The quantitative estimate of drug-likeness (QED) is 0.751. The zero-order chi connectivity index (χ0) is 16.0. The summed E-state index contributed by atoms with van der Waals surface area (Å²) in [7, 11) is 0. The van der Waals surface area contributed by atoms with Crippen LogP contribution < -0.4 is 5.32 Å². The van der Waals surface area contributed by atoms with Crippen LogP contribution >= 0.6 is 0 Å². The lowest BCUT2D eigenvalue weighted by Gasteiger charge is -2.16. The molecule has 0 aromatic heterocycles. The Balaban J connectivity index is 3.03. The number of aryl methyl sites for hydroxylation is 2. The summed E-state index contributed by atoms with van der Waals surface area (Å²) in [5, 5.41) is 12.0. The molecule has 0 aliphatic heterocycles. The van der Waals surface area contributed by atoms with Gasteiger partial charge in [-0.1, -0.05) is 18.2 Å². The van der Waals surface area contributed by atoms with E-state index in [0.717, 1.165) is 5.56 Å². The van der Waals surface area contributed by atoms with Gasteiger partial charge >= 0.3 is 5.97 Å². The largest absolute Gasteiger partial charge is 0.478 e. The van der Waals surface area contributed by atoms with Crippen LogP contribution in [0.5, 0.6) is 0 Å². The van der Waals surface area contributed by atoms with Crippen LogP contribution in [0, 0.1) is 19.8 Å². The first-order valence-corrected chi connectivity index (χ1v) is 6.77. The van der Waals surface area contributed by atoms with Crippen molar-refractivity contribution in [2.45, 2.75) is 26.7 Å². The number of carboxylic acid groups (broad SMARTS) is 1. The Kier molecular flexibility index (Phi) is 5.91. The first kappa shape index (κ1) is 16.7. The third-order valence-electron chi connectivity index (χ3n) is 3.33. The Bertz CT molecular complexity index is 566. The van der Waals surface area contributed by atoms with Crippen molar-refractivity contribution < 1.29 is 14.7 Å². The number of carboxylic acids is 1. The molecule has 1 rings (SSSR count). The second-order valence-electron chi connectivity index (χ2n) is 5.02. The minimum atomic E-state index is -1.00. The molecule has 0 bridgehead atoms. The minimum Gasteiger partial charge on any atom is -0.478 e. The molecule has 0 saturated carbocycles. The molecule has 4 nitrogen and oxygen atoms in total. The Morgan fingerprint density at radius 2 is 1.76 bits per heavy atom. The molecule has 1 amide bonds. The highest BCUT2D eigenvalue weighted by Crippen LogP contribution is 2.22. The predicted octanol–water partition coefficient (Wildman–Crippen LogP) is 3.71. The van der Waals surface area contributed by atoms with Crippen molar-refractivity contribution in [2.24, 2.45) is 5.92 Å². The van der Waals surface area contributed by atoms with Gasteiger partial charge in [-0.2, -0.15) is 0 Å². The molecule has 1 aromatic rings. The van der Waals surface area contributed by atoms with Crippen molar-refractivity contribution in [3.05, 3.63) is 54.1 Å². The van der Waals surface area contributed by atoms with Gasteiger partial charge in [-0.15, -0.1) is 13.2 Å². The van der Waals surface area contributed by atoms with E-state index >= 15 is 0 Å². The number of carbonyl (C=O) groups excluding carboxylic acids is 1. The molecular formula is C17H21NO3. The van der Waals surface area contributed by atoms with E-state index < -0.39 is 5.97 Å². The highest BCUT2D eigenvalue weighted by atomic mass is 16.4. The number of nitrogens with one attached hydrogen (secondary N) is 1. The fourth-order valence-electron chi connectivity index (χ4n) is 2.16. The van der Waals surface area contributed by atoms with Gasteiger partial charge in [0.1, 0.15) is 0 Å². The van der Waals surface area contributed by atoms with E-state index in [9.17, 15) is 9.59 Å². The number of hydrogen-bond acceptors (Lipinski definition) is 2. The van der Waals surface area contributed by atoms with Gasteiger partial charge < -0.3 is 10.4 Å². The average molecular weight is 287 g/mol. The molecule has 0 unspecified atom stereocenters. The number of allylic oxidation sites excluding steroid dienone is 2. The number of rotatable bonds is 7. The molecule has 2 N–H and O–H groups in total. The van der Waals surface area contributed by atoms with Crippen molar-refractivity contribution >= 4 is 17.6 Å². The number of carbonyl (C=O) groups is 2. The summed E-state index contributed by atoms with van der Waals surface area (Å²) < 4.78 is 0. The first-order valence-electron chi connectivity index (χ1n) is 6.77. The Morgan fingerprint density at radius 3 is 2.24 bits per heavy atom. The maximum atomic E-state index is 12.3. The van der Waals surface area contributed by atoms with Crippen molar-refractivity contribution in [1.29, 1.82) is 0 Å². The van der Waals surface area contributed by atoms with Crippen molar-refractivity contribution in [3.8, 4) is 0 Å². The molecule has 0 radical (unpaired) electrons. The van der Waals surface area contributed by atoms with E-state index in [4.69, 9.17) is 5.11 Å². The molecule has 0 atom stereocenters. The summed E-state index contributed by atoms with van der Waals surface area (Å²) in [5.41, 5.74) is 2.23. The summed E-state index contributed by atoms with van der Waals surface area (Å²) in [4.78, 5) is 23.4. The van der Waals surface area contributed by atoms with E-state index in [1.54, 1.807) is 25.1 Å². The number of benzene rings is 1. The third-order valence-corrected chi connectivity index (χ3v) is 3.33. The normalized spacial score (nSPS) is 10.2. The second-order valence-corrected chi connectivity index (χ2v) is 5.02. The van der Waals surface area contributed by atoms with Gasteiger partial charge in [0.2, 0.25) is 5.91 Å². The molecular weight excluding hydrogens is 266 g/mol. The maximum absolute atomic E-state index is 12.3. The van der Waals surface area contributed by atoms with E-state index in [2.05, 4.69) is 18.5 Å². The number of aromatic carboxylic acids is 1. The fourth-order valence-corrected chi connectivity index (χ4v) is 2.16. The van der Waals surface area contributed by atoms with Gasteiger partial charge in [0, 0.05) is 11.6 Å². The van der Waals surface area contributed by atoms with Gasteiger partial charge in [0.25, 0.3) is 0 Å². The van der Waals surface area contributed by atoms with Crippen LogP contribution in [-0.2, 0) is 4.79 Å². The fraction of sp³-hybridized carbons (Fsp3) is 0.294. The van der Waals surface area contributed by atoms with Gasteiger partial charge in [-0.05, 0) is 43.9 Å². The summed E-state index contributed by atoms with van der Waals surface area (Å²) in [6.45, 7) is 10.9. The molecule has 1 aromatic carbocycles. The monoisotopic (exact) mass is 287 g/mol. The van der Waals surface area contributed by atoms with Crippen molar-refractivity contribution in [1.82, 2.24) is 0 Å². The lowest BCUT2D eigenvalue weighted by molar-refractivity contribution is -0.119. The highest BCUT2D eigenvalue weighted by molar-refractivity contribution is 5.96. The first-order chi connectivity index (χ1) is 9.90. The molecule has 0 heterocycles. The van der Waals surface area contributed by atoms with E-state index in [1.165, 1.54) is 6.07 Å². The molecule has 0 fully saturated rings. The highest BCUT2D eigenvalue weighted by Gasteiger charge is 2.18. The molecule has 112 valence electrons. The summed E-state index contributed by atoms with van der Waals surface area (Å²) in [6, 6.07) is 3.26. The van der Waals surface area contributed by atoms with Crippen molar-refractivity contribution in [2.75, 3.05) is 5.32 Å². The molecule has 0 aliphatic carbocycles. The van der Waals surface area contributed by atoms with Gasteiger partial charge in [0.15, 0.2) is 0 Å². The molecule has 0 aliphatic rings. The zero-order valence-electron chi connectivity index (χ0n) is 12.5. The molecule has 0 spiro atoms. The summed E-state index contributed by atoms with van der Waals surface area (Å²) in [6.07, 6.45) is 4.49. The number of hydrogen-bond donors (Lipinski definition) is 2. The Hall–Kier alpha value is -2.36. The topological polar surface area (TPSA) is 66.4 Å². The number of amides is 1. The van der Waals surface area contributed by atoms with Crippen molar-refractivity contribution in [3.63, 3.8) is 0 Å².